The van der Waals surface area contributed by atoms with Gasteiger partial charge in [-0.25, -0.2) is 0 Å². The summed E-state index contributed by atoms with van der Waals surface area (Å²) in [6.07, 6.45) is 14.3. The molecule has 0 heterocycles. The molecule has 2 aliphatic carbocycles. The highest BCUT2D eigenvalue weighted by atomic mass is 35.5. The van der Waals surface area contributed by atoms with Crippen molar-refractivity contribution in [3.05, 3.63) is 0 Å². The van der Waals surface area contributed by atoms with Gasteiger partial charge in [0.25, 0.3) is 0 Å². The molecule has 0 N–H and O–H groups in total. The normalized spacial score (nSPS) is 25.7. The van der Waals surface area contributed by atoms with E-state index in [0.717, 1.165) is 34.8 Å². The maximum Gasteiger partial charge on any atom is 0.146 e. The van der Waals surface area contributed by atoms with E-state index in [4.69, 9.17) is 16.0 Å². The lowest BCUT2D eigenvalue weighted by Gasteiger charge is -2.40. The number of alkyl halides is 1. The van der Waals surface area contributed by atoms with Crippen LogP contribution in [0.4, 0.5) is 0 Å². The monoisotopic (exact) mass is 288 g/mol. The fourth-order valence-electron chi connectivity index (χ4n) is 4.28. The Morgan fingerprint density at radius 3 is 1.72 bits per heavy atom. The number of hydrogen-bond acceptors (Lipinski definition) is 1. The Morgan fingerprint density at radius 2 is 1.33 bits per heavy atom. The van der Waals surface area contributed by atoms with Crippen molar-refractivity contribution in [2.45, 2.75) is 69.6 Å². The van der Waals surface area contributed by atoms with Gasteiger partial charge >= 0.3 is 0 Å². The molecule has 1 unspecified atom stereocenters. The highest BCUT2D eigenvalue weighted by molar-refractivity contribution is 6.21. The first-order chi connectivity index (χ1) is 8.83. The predicted octanol–water partition coefficient (Wildman–Crippen LogP) is 3.67. The molecule has 2 aliphatic rings. The molecule has 0 saturated heterocycles. The molecule has 2 fully saturated rings. The highest BCUT2D eigenvalue weighted by Crippen LogP contribution is 2.43. The van der Waals surface area contributed by atoms with E-state index >= 15 is 0 Å². The van der Waals surface area contributed by atoms with E-state index in [1.807, 2.05) is 0 Å². The summed E-state index contributed by atoms with van der Waals surface area (Å²) in [6.45, 7) is 0.797. The molecule has 2 saturated carbocycles. The SMILES string of the molecule is [SiH3]OCC(Cl)C(C1CCCCC1)C1CCCCC1. The van der Waals surface area contributed by atoms with Crippen LogP contribution in [0.1, 0.15) is 64.2 Å². The minimum atomic E-state index is 0.272. The van der Waals surface area contributed by atoms with Gasteiger partial charge in [-0.1, -0.05) is 64.2 Å². The van der Waals surface area contributed by atoms with Crippen molar-refractivity contribution in [1.82, 2.24) is 0 Å². The van der Waals surface area contributed by atoms with Crippen LogP contribution in [0.3, 0.4) is 0 Å². The summed E-state index contributed by atoms with van der Waals surface area (Å²) in [5.41, 5.74) is 0. The Bertz CT molecular complexity index is 207. The topological polar surface area (TPSA) is 9.23 Å². The van der Waals surface area contributed by atoms with Crippen molar-refractivity contribution in [2.75, 3.05) is 6.61 Å². The lowest BCUT2D eigenvalue weighted by molar-refractivity contribution is 0.122. The standard InChI is InChI=1S/C15H29ClOSi/c16-14(11-17-18)15(12-7-3-1-4-8-12)13-9-5-2-6-10-13/h12-15H,1-11H2,18H3. The van der Waals surface area contributed by atoms with E-state index < -0.39 is 0 Å². The van der Waals surface area contributed by atoms with Crippen LogP contribution >= 0.6 is 11.6 Å². The summed E-state index contributed by atoms with van der Waals surface area (Å²) >= 11 is 6.71. The van der Waals surface area contributed by atoms with Crippen LogP contribution in [0.5, 0.6) is 0 Å². The van der Waals surface area contributed by atoms with Gasteiger partial charge in [0.05, 0.1) is 5.38 Å². The second-order valence-corrected chi connectivity index (χ2v) is 7.48. The third-order valence-electron chi connectivity index (χ3n) is 5.13. The molecule has 0 spiro atoms. The number of rotatable bonds is 5. The Hall–Kier alpha value is 0.467. The van der Waals surface area contributed by atoms with Crippen LogP contribution in [0.25, 0.3) is 0 Å². The van der Waals surface area contributed by atoms with Crippen molar-refractivity contribution in [2.24, 2.45) is 17.8 Å². The second-order valence-electron chi connectivity index (χ2n) is 6.34. The summed E-state index contributed by atoms with van der Waals surface area (Å²) < 4.78 is 5.47. The van der Waals surface area contributed by atoms with Gasteiger partial charge < -0.3 is 4.43 Å². The summed E-state index contributed by atoms with van der Waals surface area (Å²) in [5, 5.41) is 0.272. The van der Waals surface area contributed by atoms with Gasteiger partial charge in [-0.05, 0) is 17.8 Å². The van der Waals surface area contributed by atoms with Crippen molar-refractivity contribution < 1.29 is 4.43 Å². The van der Waals surface area contributed by atoms with Crippen molar-refractivity contribution in [3.63, 3.8) is 0 Å². The summed E-state index contributed by atoms with van der Waals surface area (Å²) in [7, 11) is 0.826. The Kier molecular flexibility index (Phi) is 6.53. The minimum absolute atomic E-state index is 0.272. The quantitative estimate of drug-likeness (QED) is 0.554. The van der Waals surface area contributed by atoms with Crippen LogP contribution < -0.4 is 0 Å². The van der Waals surface area contributed by atoms with Crippen LogP contribution in [0, 0.1) is 17.8 Å². The van der Waals surface area contributed by atoms with Crippen LogP contribution in [-0.4, -0.2) is 22.5 Å². The van der Waals surface area contributed by atoms with Crippen LogP contribution in [-0.2, 0) is 4.43 Å². The fraction of sp³-hybridized carbons (Fsp3) is 1.00. The van der Waals surface area contributed by atoms with E-state index in [1.165, 1.54) is 64.2 Å². The van der Waals surface area contributed by atoms with Gasteiger partial charge in [0, 0.05) is 6.61 Å². The fourth-order valence-corrected chi connectivity index (χ4v) is 5.39. The predicted molar refractivity (Wildman–Crippen MR) is 82.2 cm³/mol. The first-order valence-corrected chi connectivity index (χ1v) is 9.21. The molecule has 1 atom stereocenters. The molecule has 0 aromatic carbocycles. The largest absolute Gasteiger partial charge is 0.426 e. The van der Waals surface area contributed by atoms with Crippen LogP contribution in [0.15, 0.2) is 0 Å². The summed E-state index contributed by atoms with van der Waals surface area (Å²) in [4.78, 5) is 0. The van der Waals surface area contributed by atoms with E-state index in [-0.39, 0.29) is 5.38 Å². The van der Waals surface area contributed by atoms with Gasteiger partial charge in [-0.3, -0.25) is 0 Å². The summed E-state index contributed by atoms with van der Waals surface area (Å²) in [5.74, 6) is 2.52. The van der Waals surface area contributed by atoms with Gasteiger partial charge in [-0.15, -0.1) is 11.6 Å². The zero-order chi connectivity index (χ0) is 12.8. The molecular formula is C15H29ClOSi. The molecule has 2 rings (SSSR count). The Balaban J connectivity index is 2.00. The maximum absolute atomic E-state index is 6.71. The van der Waals surface area contributed by atoms with E-state index in [0.29, 0.717) is 0 Å². The molecule has 0 radical (unpaired) electrons. The van der Waals surface area contributed by atoms with Crippen molar-refractivity contribution >= 4 is 22.1 Å². The Labute approximate surface area is 121 Å². The molecule has 0 amide bonds. The average molecular weight is 289 g/mol. The molecule has 0 aromatic rings. The summed E-state index contributed by atoms with van der Waals surface area (Å²) in [6, 6.07) is 0. The zero-order valence-corrected chi connectivity index (χ0v) is 14.6. The Morgan fingerprint density at radius 1 is 0.889 bits per heavy atom. The van der Waals surface area contributed by atoms with Gasteiger partial charge in [0.15, 0.2) is 0 Å². The highest BCUT2D eigenvalue weighted by Gasteiger charge is 2.35. The molecular weight excluding hydrogens is 260 g/mol. The van der Waals surface area contributed by atoms with Gasteiger partial charge in [0.2, 0.25) is 0 Å². The average Bonchev–Trinajstić information content (AvgIpc) is 2.42. The number of hydrogen-bond donors (Lipinski definition) is 0. The molecule has 0 bridgehead atoms. The lowest BCUT2D eigenvalue weighted by Crippen LogP contribution is -2.36. The molecule has 1 nitrogen and oxygen atoms in total. The number of halogens is 1. The third-order valence-corrected chi connectivity index (χ3v) is 5.88. The second kappa shape index (κ2) is 7.91. The maximum atomic E-state index is 6.71. The smallest absolute Gasteiger partial charge is 0.146 e. The first-order valence-electron chi connectivity index (χ1n) is 7.96. The molecule has 106 valence electrons. The van der Waals surface area contributed by atoms with Crippen LogP contribution in [0.2, 0.25) is 0 Å². The van der Waals surface area contributed by atoms with E-state index in [1.54, 1.807) is 0 Å². The zero-order valence-electron chi connectivity index (χ0n) is 11.9. The first kappa shape index (κ1) is 14.9. The van der Waals surface area contributed by atoms with Gasteiger partial charge in [-0.2, -0.15) is 0 Å². The minimum Gasteiger partial charge on any atom is -0.426 e. The van der Waals surface area contributed by atoms with Crippen molar-refractivity contribution in [1.29, 1.82) is 0 Å². The van der Waals surface area contributed by atoms with E-state index in [9.17, 15) is 0 Å². The van der Waals surface area contributed by atoms with Crippen molar-refractivity contribution in [3.8, 4) is 0 Å². The molecule has 18 heavy (non-hydrogen) atoms. The third kappa shape index (κ3) is 3.98. The molecule has 0 aliphatic heterocycles. The van der Waals surface area contributed by atoms with E-state index in [2.05, 4.69) is 0 Å². The molecule has 3 heteroatoms. The molecule has 0 aromatic heterocycles. The lowest BCUT2D eigenvalue weighted by atomic mass is 9.68. The van der Waals surface area contributed by atoms with Gasteiger partial charge in [0.1, 0.15) is 10.5 Å².